The molecule has 1 aromatic heterocycles. The SMILES string of the molecule is CCCC1CC(NCC)(c2nc(C)c(C)s2)CCO1. The van der Waals surface area contributed by atoms with Gasteiger partial charge in [-0.3, -0.25) is 0 Å². The molecular formula is C15H26N2OS. The molecule has 0 aliphatic carbocycles. The second kappa shape index (κ2) is 6.33. The van der Waals surface area contributed by atoms with Gasteiger partial charge in [-0.25, -0.2) is 4.98 Å². The van der Waals surface area contributed by atoms with E-state index in [1.807, 2.05) is 11.3 Å². The van der Waals surface area contributed by atoms with Gasteiger partial charge in [0.25, 0.3) is 0 Å². The summed E-state index contributed by atoms with van der Waals surface area (Å²) in [6.45, 7) is 10.5. The zero-order valence-corrected chi connectivity index (χ0v) is 13.4. The van der Waals surface area contributed by atoms with E-state index in [0.717, 1.165) is 32.4 Å². The molecule has 1 aliphatic heterocycles. The zero-order valence-electron chi connectivity index (χ0n) is 12.6. The van der Waals surface area contributed by atoms with Crippen LogP contribution in [-0.2, 0) is 10.3 Å². The molecule has 108 valence electrons. The van der Waals surface area contributed by atoms with Crippen molar-refractivity contribution < 1.29 is 4.74 Å². The fourth-order valence-corrected chi connectivity index (χ4v) is 4.02. The Hall–Kier alpha value is -0.450. The highest BCUT2D eigenvalue weighted by molar-refractivity contribution is 7.11. The molecule has 0 bridgehead atoms. The number of nitrogens with one attached hydrogen (secondary N) is 1. The first-order valence-corrected chi connectivity index (χ1v) is 8.24. The fourth-order valence-electron chi connectivity index (χ4n) is 2.90. The molecule has 4 heteroatoms. The van der Waals surface area contributed by atoms with Crippen molar-refractivity contribution in [3.63, 3.8) is 0 Å². The molecule has 1 saturated heterocycles. The first-order valence-electron chi connectivity index (χ1n) is 7.42. The van der Waals surface area contributed by atoms with Crippen LogP contribution in [0.5, 0.6) is 0 Å². The summed E-state index contributed by atoms with van der Waals surface area (Å²) >= 11 is 1.85. The van der Waals surface area contributed by atoms with Crippen LogP contribution in [0.2, 0.25) is 0 Å². The van der Waals surface area contributed by atoms with Crippen LogP contribution in [0.4, 0.5) is 0 Å². The van der Waals surface area contributed by atoms with Gasteiger partial charge in [0.2, 0.25) is 0 Å². The lowest BCUT2D eigenvalue weighted by Crippen LogP contribution is -2.49. The smallest absolute Gasteiger partial charge is 0.113 e. The minimum absolute atomic E-state index is 0.0382. The molecule has 1 aromatic rings. The third-order valence-corrected chi connectivity index (χ3v) is 5.30. The summed E-state index contributed by atoms with van der Waals surface area (Å²) < 4.78 is 5.92. The van der Waals surface area contributed by atoms with Gasteiger partial charge in [-0.05, 0) is 39.7 Å². The molecule has 2 atom stereocenters. The first kappa shape index (κ1) is 14.9. The number of thiazole rings is 1. The van der Waals surface area contributed by atoms with E-state index in [1.54, 1.807) is 0 Å². The molecule has 1 fully saturated rings. The highest BCUT2D eigenvalue weighted by Gasteiger charge is 2.40. The third kappa shape index (κ3) is 3.18. The molecule has 0 spiro atoms. The Morgan fingerprint density at radius 2 is 2.21 bits per heavy atom. The lowest BCUT2D eigenvalue weighted by molar-refractivity contribution is -0.0345. The fraction of sp³-hybridized carbons (Fsp3) is 0.800. The first-order chi connectivity index (χ1) is 9.11. The molecule has 0 saturated carbocycles. The molecule has 19 heavy (non-hydrogen) atoms. The average Bonchev–Trinajstić information content (AvgIpc) is 2.71. The van der Waals surface area contributed by atoms with Crippen LogP contribution >= 0.6 is 11.3 Å². The molecular weight excluding hydrogens is 256 g/mol. The predicted molar refractivity (Wildman–Crippen MR) is 80.8 cm³/mol. The Labute approximate surface area is 120 Å². The Kier molecular flexibility index (Phi) is 4.98. The number of aryl methyl sites for hydroxylation is 2. The quantitative estimate of drug-likeness (QED) is 0.897. The van der Waals surface area contributed by atoms with E-state index < -0.39 is 0 Å². The van der Waals surface area contributed by atoms with E-state index in [2.05, 4.69) is 33.0 Å². The van der Waals surface area contributed by atoms with Gasteiger partial charge in [-0.2, -0.15) is 0 Å². The number of hydrogen-bond acceptors (Lipinski definition) is 4. The van der Waals surface area contributed by atoms with Crippen molar-refractivity contribution in [1.82, 2.24) is 10.3 Å². The van der Waals surface area contributed by atoms with Gasteiger partial charge in [-0.1, -0.05) is 20.3 Å². The highest BCUT2D eigenvalue weighted by Crippen LogP contribution is 2.38. The van der Waals surface area contributed by atoms with Crippen LogP contribution in [0.25, 0.3) is 0 Å². The molecule has 0 amide bonds. The monoisotopic (exact) mass is 282 g/mol. The van der Waals surface area contributed by atoms with E-state index in [1.165, 1.54) is 22.0 Å². The maximum Gasteiger partial charge on any atom is 0.113 e. The largest absolute Gasteiger partial charge is 0.378 e. The second-order valence-corrected chi connectivity index (χ2v) is 6.71. The normalized spacial score (nSPS) is 27.7. The Balaban J connectivity index is 2.26. The van der Waals surface area contributed by atoms with Gasteiger partial charge in [0, 0.05) is 11.5 Å². The number of aromatic nitrogens is 1. The zero-order chi connectivity index (χ0) is 13.9. The number of nitrogens with zero attached hydrogens (tertiary/aromatic N) is 1. The Morgan fingerprint density at radius 1 is 1.42 bits per heavy atom. The predicted octanol–water partition coefficient (Wildman–Crippen LogP) is 3.54. The number of rotatable bonds is 5. The van der Waals surface area contributed by atoms with E-state index >= 15 is 0 Å². The number of hydrogen-bond donors (Lipinski definition) is 1. The van der Waals surface area contributed by atoms with Crippen molar-refractivity contribution in [1.29, 1.82) is 0 Å². The van der Waals surface area contributed by atoms with Crippen LogP contribution in [-0.4, -0.2) is 24.2 Å². The van der Waals surface area contributed by atoms with Crippen molar-refractivity contribution in [2.45, 2.75) is 65.0 Å². The van der Waals surface area contributed by atoms with Crippen molar-refractivity contribution in [2.24, 2.45) is 0 Å². The van der Waals surface area contributed by atoms with Crippen LogP contribution < -0.4 is 5.32 Å². The number of ether oxygens (including phenoxy) is 1. The van der Waals surface area contributed by atoms with E-state index in [0.29, 0.717) is 6.10 Å². The molecule has 0 aromatic carbocycles. The van der Waals surface area contributed by atoms with Crippen molar-refractivity contribution in [3.05, 3.63) is 15.6 Å². The topological polar surface area (TPSA) is 34.2 Å². The van der Waals surface area contributed by atoms with Gasteiger partial charge >= 0.3 is 0 Å². The summed E-state index contributed by atoms with van der Waals surface area (Å²) in [7, 11) is 0. The van der Waals surface area contributed by atoms with E-state index in [9.17, 15) is 0 Å². The summed E-state index contributed by atoms with van der Waals surface area (Å²) in [4.78, 5) is 6.16. The minimum Gasteiger partial charge on any atom is -0.378 e. The standard InChI is InChI=1S/C15H26N2OS/c1-5-7-13-10-15(16-6-2,8-9-18-13)14-17-11(3)12(4)19-14/h13,16H,5-10H2,1-4H3. The Bertz CT molecular complexity index is 393. The second-order valence-electron chi connectivity index (χ2n) is 5.51. The van der Waals surface area contributed by atoms with Crippen LogP contribution in [0.1, 0.15) is 55.1 Å². The minimum atomic E-state index is 0.0382. The lowest BCUT2D eigenvalue weighted by Gasteiger charge is -2.40. The van der Waals surface area contributed by atoms with Crippen molar-refractivity contribution in [2.75, 3.05) is 13.2 Å². The van der Waals surface area contributed by atoms with Gasteiger partial charge in [0.15, 0.2) is 0 Å². The van der Waals surface area contributed by atoms with Crippen LogP contribution in [0.15, 0.2) is 0 Å². The van der Waals surface area contributed by atoms with Gasteiger partial charge in [-0.15, -0.1) is 11.3 Å². The molecule has 2 unspecified atom stereocenters. The molecule has 2 rings (SSSR count). The van der Waals surface area contributed by atoms with Crippen molar-refractivity contribution >= 4 is 11.3 Å². The average molecular weight is 282 g/mol. The van der Waals surface area contributed by atoms with Gasteiger partial charge < -0.3 is 10.1 Å². The summed E-state index contributed by atoms with van der Waals surface area (Å²) in [5.74, 6) is 0. The Morgan fingerprint density at radius 3 is 2.79 bits per heavy atom. The maximum atomic E-state index is 5.92. The molecule has 3 nitrogen and oxygen atoms in total. The summed E-state index contributed by atoms with van der Waals surface area (Å²) in [6.07, 6.45) is 4.80. The van der Waals surface area contributed by atoms with Gasteiger partial charge in [0.1, 0.15) is 5.01 Å². The van der Waals surface area contributed by atoms with Gasteiger partial charge in [0.05, 0.1) is 17.3 Å². The molecule has 0 radical (unpaired) electrons. The van der Waals surface area contributed by atoms with Crippen LogP contribution in [0, 0.1) is 13.8 Å². The molecule has 2 heterocycles. The highest BCUT2D eigenvalue weighted by atomic mass is 32.1. The van der Waals surface area contributed by atoms with Crippen LogP contribution in [0.3, 0.4) is 0 Å². The van der Waals surface area contributed by atoms with E-state index in [-0.39, 0.29) is 5.54 Å². The van der Waals surface area contributed by atoms with Crippen molar-refractivity contribution in [3.8, 4) is 0 Å². The van der Waals surface area contributed by atoms with E-state index in [4.69, 9.17) is 9.72 Å². The molecule has 1 N–H and O–H groups in total. The maximum absolute atomic E-state index is 5.92. The molecule has 1 aliphatic rings. The summed E-state index contributed by atoms with van der Waals surface area (Å²) in [6, 6.07) is 0. The summed E-state index contributed by atoms with van der Waals surface area (Å²) in [5.41, 5.74) is 1.21. The summed E-state index contributed by atoms with van der Waals surface area (Å²) in [5, 5.41) is 4.97. The third-order valence-electron chi connectivity index (χ3n) is 4.02. The lowest BCUT2D eigenvalue weighted by atomic mass is 9.85.